The second-order valence-electron chi connectivity index (χ2n) is 8.85. The molecule has 0 heterocycles. The van der Waals surface area contributed by atoms with E-state index in [1.54, 1.807) is 0 Å². The molecule has 4 rings (SSSR count). The molecular weight excluding hydrogens is 437 g/mol. The smallest absolute Gasteiger partial charge is 0.223 e. The van der Waals surface area contributed by atoms with Gasteiger partial charge in [0.1, 0.15) is 0 Å². The minimum absolute atomic E-state index is 0.0159. The van der Waals surface area contributed by atoms with E-state index >= 15 is 0 Å². The second-order valence-corrected chi connectivity index (χ2v) is 9.72. The zero-order chi connectivity index (χ0) is 22.5. The molecule has 0 fully saturated rings. The minimum Gasteiger partial charge on any atom is -0.353 e. The van der Waals surface area contributed by atoms with Crippen LogP contribution in [0.3, 0.4) is 0 Å². The number of halogens is 2. The molecule has 0 aliphatic heterocycles. The third-order valence-corrected chi connectivity index (χ3v) is 7.10. The molecule has 3 unspecified atom stereocenters. The van der Waals surface area contributed by atoms with Crippen molar-refractivity contribution in [3.8, 4) is 0 Å². The van der Waals surface area contributed by atoms with Crippen molar-refractivity contribution in [1.82, 2.24) is 5.32 Å². The van der Waals surface area contributed by atoms with Crippen molar-refractivity contribution in [3.63, 3.8) is 0 Å². The lowest BCUT2D eigenvalue weighted by molar-refractivity contribution is -0.126. The lowest BCUT2D eigenvalue weighted by atomic mass is 9.86. The van der Waals surface area contributed by atoms with Crippen LogP contribution in [0, 0.1) is 5.92 Å². The number of amides is 1. The minimum atomic E-state index is -0.0159. The van der Waals surface area contributed by atoms with Crippen molar-refractivity contribution < 1.29 is 4.79 Å². The maximum absolute atomic E-state index is 13.3. The molecule has 32 heavy (non-hydrogen) atoms. The molecule has 1 aliphatic carbocycles. The van der Waals surface area contributed by atoms with E-state index < -0.39 is 0 Å². The summed E-state index contributed by atoms with van der Waals surface area (Å²) in [6.07, 6.45) is 4.66. The molecule has 1 amide bonds. The fourth-order valence-electron chi connectivity index (χ4n) is 4.74. The summed E-state index contributed by atoms with van der Waals surface area (Å²) < 4.78 is 0. The van der Waals surface area contributed by atoms with Gasteiger partial charge in [-0.2, -0.15) is 0 Å². The molecule has 0 bridgehead atoms. The first-order valence-corrected chi connectivity index (χ1v) is 12.1. The first-order chi connectivity index (χ1) is 15.5. The Morgan fingerprint density at radius 3 is 2.25 bits per heavy atom. The van der Waals surface area contributed by atoms with Crippen LogP contribution in [0.2, 0.25) is 10.0 Å². The van der Waals surface area contributed by atoms with Crippen molar-refractivity contribution in [1.29, 1.82) is 0 Å². The molecule has 0 saturated heterocycles. The molecule has 2 nitrogen and oxygen atoms in total. The quantitative estimate of drug-likeness (QED) is 0.389. The average molecular weight is 466 g/mol. The predicted molar refractivity (Wildman–Crippen MR) is 134 cm³/mol. The average Bonchev–Trinajstić information content (AvgIpc) is 3.02. The van der Waals surface area contributed by atoms with Gasteiger partial charge in [0.05, 0.1) is 0 Å². The maximum Gasteiger partial charge on any atom is 0.223 e. The van der Waals surface area contributed by atoms with Crippen LogP contribution < -0.4 is 5.32 Å². The van der Waals surface area contributed by atoms with E-state index in [0.717, 1.165) is 37.1 Å². The van der Waals surface area contributed by atoms with Crippen molar-refractivity contribution >= 4 is 29.1 Å². The Labute approximate surface area is 201 Å². The second kappa shape index (κ2) is 10.6. The van der Waals surface area contributed by atoms with E-state index in [1.807, 2.05) is 24.3 Å². The van der Waals surface area contributed by atoms with Gasteiger partial charge in [0.2, 0.25) is 5.91 Å². The van der Waals surface area contributed by atoms with Crippen LogP contribution in [0.1, 0.15) is 47.9 Å². The van der Waals surface area contributed by atoms with Crippen LogP contribution in [0.15, 0.2) is 72.8 Å². The van der Waals surface area contributed by atoms with Gasteiger partial charge in [-0.15, -0.1) is 0 Å². The normalized spacial score (nSPS) is 17.7. The van der Waals surface area contributed by atoms with E-state index in [-0.39, 0.29) is 23.8 Å². The van der Waals surface area contributed by atoms with E-state index in [0.29, 0.717) is 5.02 Å². The standard InChI is InChI=1S/C28H29Cl2NO/c1-19(31-28(32)24-8-4-7-21-5-2-3-6-23(21)18-24)27(22-11-15-26(30)16-12-22)17-20-9-13-25(29)14-10-20/h2-3,5-6,9-16,19,24,27H,4,7-8,17-18H2,1H3,(H,31,32). The van der Waals surface area contributed by atoms with Crippen LogP contribution in [0.25, 0.3) is 0 Å². The number of hydrogen-bond acceptors (Lipinski definition) is 1. The van der Waals surface area contributed by atoms with E-state index in [9.17, 15) is 4.79 Å². The largest absolute Gasteiger partial charge is 0.353 e. The lowest BCUT2D eigenvalue weighted by Crippen LogP contribution is -2.41. The van der Waals surface area contributed by atoms with E-state index in [2.05, 4.69) is 60.8 Å². The molecule has 3 atom stereocenters. The molecule has 166 valence electrons. The number of carbonyl (C=O) groups excluding carboxylic acids is 1. The van der Waals surface area contributed by atoms with Gasteiger partial charge < -0.3 is 5.32 Å². The number of nitrogens with one attached hydrogen (secondary N) is 1. The number of aryl methyl sites for hydroxylation is 1. The number of rotatable bonds is 6. The third-order valence-electron chi connectivity index (χ3n) is 6.59. The van der Waals surface area contributed by atoms with Gasteiger partial charge in [-0.3, -0.25) is 4.79 Å². The summed E-state index contributed by atoms with van der Waals surface area (Å²) in [6, 6.07) is 24.4. The number of fused-ring (bicyclic) bond motifs is 1. The van der Waals surface area contributed by atoms with Crippen LogP contribution >= 0.6 is 23.2 Å². The van der Waals surface area contributed by atoms with Gasteiger partial charge in [-0.1, -0.05) is 71.7 Å². The molecule has 0 spiro atoms. The van der Waals surface area contributed by atoms with Crippen molar-refractivity contribution in [2.24, 2.45) is 5.92 Å². The van der Waals surface area contributed by atoms with E-state index in [4.69, 9.17) is 23.2 Å². The molecular formula is C28H29Cl2NO. The van der Waals surface area contributed by atoms with Crippen LogP contribution in [-0.4, -0.2) is 11.9 Å². The number of carbonyl (C=O) groups is 1. The molecule has 4 heteroatoms. The Hall–Kier alpha value is -2.29. The molecule has 0 aromatic heterocycles. The van der Waals surface area contributed by atoms with Gasteiger partial charge in [-0.05, 0) is 85.5 Å². The Bertz CT molecular complexity index is 1050. The highest BCUT2D eigenvalue weighted by molar-refractivity contribution is 6.30. The first-order valence-electron chi connectivity index (χ1n) is 11.4. The van der Waals surface area contributed by atoms with Crippen molar-refractivity contribution in [2.75, 3.05) is 0 Å². The van der Waals surface area contributed by atoms with Crippen molar-refractivity contribution in [3.05, 3.63) is 105 Å². The molecule has 3 aromatic rings. The topological polar surface area (TPSA) is 29.1 Å². The summed E-state index contributed by atoms with van der Waals surface area (Å²) in [7, 11) is 0. The van der Waals surface area contributed by atoms with E-state index in [1.165, 1.54) is 22.3 Å². The number of hydrogen-bond donors (Lipinski definition) is 1. The lowest BCUT2D eigenvalue weighted by Gasteiger charge is -2.28. The fourth-order valence-corrected chi connectivity index (χ4v) is 4.99. The van der Waals surface area contributed by atoms with Crippen LogP contribution in [0.5, 0.6) is 0 Å². The fraction of sp³-hybridized carbons (Fsp3) is 0.321. The van der Waals surface area contributed by atoms with Gasteiger partial charge in [0.15, 0.2) is 0 Å². The van der Waals surface area contributed by atoms with Gasteiger partial charge in [-0.25, -0.2) is 0 Å². The Balaban J connectivity index is 1.51. The predicted octanol–water partition coefficient (Wildman–Crippen LogP) is 7.02. The molecule has 1 aliphatic rings. The van der Waals surface area contributed by atoms with Crippen molar-refractivity contribution in [2.45, 2.75) is 51.0 Å². The molecule has 3 aromatic carbocycles. The molecule has 0 radical (unpaired) electrons. The third kappa shape index (κ3) is 5.74. The zero-order valence-corrected chi connectivity index (χ0v) is 19.9. The summed E-state index contributed by atoms with van der Waals surface area (Å²) >= 11 is 12.2. The Morgan fingerprint density at radius 2 is 1.56 bits per heavy atom. The van der Waals surface area contributed by atoms with Crippen LogP contribution in [-0.2, 0) is 24.1 Å². The van der Waals surface area contributed by atoms with Gasteiger partial charge in [0, 0.05) is 27.9 Å². The number of benzene rings is 3. The highest BCUT2D eigenvalue weighted by Crippen LogP contribution is 2.29. The zero-order valence-electron chi connectivity index (χ0n) is 18.4. The maximum atomic E-state index is 13.3. The SMILES string of the molecule is CC(NC(=O)C1CCCc2ccccc2C1)C(Cc1ccc(Cl)cc1)c1ccc(Cl)cc1. The van der Waals surface area contributed by atoms with Gasteiger partial charge >= 0.3 is 0 Å². The molecule has 1 N–H and O–H groups in total. The summed E-state index contributed by atoms with van der Waals surface area (Å²) in [6.45, 7) is 2.11. The van der Waals surface area contributed by atoms with Gasteiger partial charge in [0.25, 0.3) is 0 Å². The van der Waals surface area contributed by atoms with Crippen LogP contribution in [0.4, 0.5) is 0 Å². The Kier molecular flexibility index (Phi) is 7.55. The monoisotopic (exact) mass is 465 g/mol. The summed E-state index contributed by atoms with van der Waals surface area (Å²) in [5, 5.41) is 4.80. The summed E-state index contributed by atoms with van der Waals surface area (Å²) in [5.74, 6) is 0.308. The Morgan fingerprint density at radius 1 is 0.938 bits per heavy atom. The summed E-state index contributed by atoms with van der Waals surface area (Å²) in [4.78, 5) is 13.3. The highest BCUT2D eigenvalue weighted by atomic mass is 35.5. The summed E-state index contributed by atoms with van der Waals surface area (Å²) in [5.41, 5.74) is 5.06. The highest BCUT2D eigenvalue weighted by Gasteiger charge is 2.27. The first kappa shape index (κ1) is 22.9. The molecule has 0 saturated carbocycles.